The van der Waals surface area contributed by atoms with Crippen molar-refractivity contribution in [2.24, 2.45) is 20.0 Å². The second-order valence-electron chi connectivity index (χ2n) is 7.75. The minimum Gasteiger partial charge on any atom is -0.399 e. The van der Waals surface area contributed by atoms with Crippen molar-refractivity contribution in [1.82, 2.24) is 0 Å². The van der Waals surface area contributed by atoms with Gasteiger partial charge in [-0.1, -0.05) is 12.1 Å². The summed E-state index contributed by atoms with van der Waals surface area (Å²) in [7, 11) is 0. The molecule has 0 spiro atoms. The Kier molecular flexibility index (Phi) is 3.98. The van der Waals surface area contributed by atoms with Gasteiger partial charge >= 0.3 is 0 Å². The molecule has 4 aromatic rings. The molecule has 152 valence electrons. The standard InChI is InChI=1S/C26H18N6/c27-19-7-1-15(2-8-19)25-29-21-11-5-17(13-23(21)31-25)18-6-12-22-24(14-18)32-26(30-22)16-3-9-20(28)10-4-16/h1-14H,27-28H2. The molecule has 6 nitrogen and oxygen atoms in total. The van der Waals surface area contributed by atoms with E-state index in [2.05, 4.69) is 34.3 Å². The minimum atomic E-state index is 0.697. The van der Waals surface area contributed by atoms with Gasteiger partial charge in [0.2, 0.25) is 0 Å². The molecule has 2 aliphatic heterocycles. The first-order valence-corrected chi connectivity index (χ1v) is 10.2. The summed E-state index contributed by atoms with van der Waals surface area (Å²) >= 11 is 0. The fourth-order valence-corrected chi connectivity index (χ4v) is 3.80. The topological polar surface area (TPSA) is 101 Å². The maximum Gasteiger partial charge on any atom is 0.160 e. The smallest absolute Gasteiger partial charge is 0.160 e. The van der Waals surface area contributed by atoms with Crippen molar-refractivity contribution < 1.29 is 0 Å². The van der Waals surface area contributed by atoms with Gasteiger partial charge in [0, 0.05) is 22.5 Å². The first-order valence-electron chi connectivity index (χ1n) is 10.2. The number of fused-ring (bicyclic) bond motifs is 2. The average molecular weight is 414 g/mol. The summed E-state index contributed by atoms with van der Waals surface area (Å²) in [4.78, 5) is 18.8. The van der Waals surface area contributed by atoms with Gasteiger partial charge in [0.15, 0.2) is 11.7 Å². The Morgan fingerprint density at radius 2 is 0.844 bits per heavy atom. The molecular weight excluding hydrogens is 396 g/mol. The molecule has 0 saturated heterocycles. The van der Waals surface area contributed by atoms with Gasteiger partial charge in [-0.25, -0.2) is 20.0 Å². The molecule has 0 radical (unpaired) electrons. The Morgan fingerprint density at radius 1 is 0.438 bits per heavy atom. The molecule has 4 N–H and O–H groups in total. The highest BCUT2D eigenvalue weighted by molar-refractivity contribution is 6.03. The lowest BCUT2D eigenvalue weighted by molar-refractivity contribution is 1.38. The quantitative estimate of drug-likeness (QED) is 0.490. The first kappa shape index (κ1) is 18.2. The number of amidine groups is 2. The fourth-order valence-electron chi connectivity index (χ4n) is 3.80. The summed E-state index contributed by atoms with van der Waals surface area (Å²) in [5.74, 6) is 1.39. The van der Waals surface area contributed by atoms with Gasteiger partial charge in [-0.05, 0) is 83.2 Å². The van der Waals surface area contributed by atoms with Crippen molar-refractivity contribution in [2.45, 2.75) is 0 Å². The van der Waals surface area contributed by atoms with Crippen LogP contribution >= 0.6 is 0 Å². The number of nitrogens with two attached hydrogens (primary N) is 2. The molecular formula is C26H18N6. The lowest BCUT2D eigenvalue weighted by Crippen LogP contribution is -2.01. The van der Waals surface area contributed by atoms with E-state index >= 15 is 0 Å². The van der Waals surface area contributed by atoms with Gasteiger partial charge in [0.05, 0.1) is 22.1 Å². The SMILES string of the molecule is Nc1ccc(C2=Nc3cc(=c4ccc5c(c4)N=C(c4ccc(N)cc4)N=5)ccc3=N2)cc1. The molecule has 0 amide bonds. The number of rotatable bonds is 2. The largest absolute Gasteiger partial charge is 0.399 e. The molecule has 0 bridgehead atoms. The van der Waals surface area contributed by atoms with E-state index in [0.29, 0.717) is 11.7 Å². The number of nitrogen functional groups attached to an aromatic ring is 2. The van der Waals surface area contributed by atoms with E-state index < -0.39 is 0 Å². The zero-order valence-electron chi connectivity index (χ0n) is 17.0. The number of nitrogens with zero attached hydrogens (tertiary/aromatic N) is 4. The van der Waals surface area contributed by atoms with E-state index in [-0.39, 0.29) is 0 Å². The molecule has 0 saturated carbocycles. The van der Waals surface area contributed by atoms with E-state index in [0.717, 1.165) is 55.0 Å². The van der Waals surface area contributed by atoms with Crippen LogP contribution in [0.2, 0.25) is 0 Å². The molecule has 6 heteroatoms. The third-order valence-electron chi connectivity index (χ3n) is 5.53. The van der Waals surface area contributed by atoms with Crippen molar-refractivity contribution in [1.29, 1.82) is 0 Å². The van der Waals surface area contributed by atoms with Gasteiger partial charge in [-0.15, -0.1) is 0 Å². The van der Waals surface area contributed by atoms with Crippen molar-refractivity contribution in [2.75, 3.05) is 11.5 Å². The Balaban J connectivity index is 1.41. The number of aliphatic imine (C=N–C) groups is 2. The van der Waals surface area contributed by atoms with Gasteiger partial charge in [0.1, 0.15) is 0 Å². The summed E-state index contributed by atoms with van der Waals surface area (Å²) in [5.41, 5.74) is 16.6. The van der Waals surface area contributed by atoms with Gasteiger partial charge in [-0.3, -0.25) is 0 Å². The Bertz CT molecular complexity index is 1540. The third-order valence-corrected chi connectivity index (χ3v) is 5.53. The second-order valence-corrected chi connectivity index (χ2v) is 7.75. The number of benzene rings is 4. The van der Waals surface area contributed by atoms with Crippen LogP contribution in [0.5, 0.6) is 0 Å². The maximum atomic E-state index is 5.79. The molecule has 2 aliphatic rings. The summed E-state index contributed by atoms with van der Waals surface area (Å²) in [5, 5.41) is 3.83. The molecule has 0 atom stereocenters. The molecule has 6 rings (SSSR count). The van der Waals surface area contributed by atoms with Gasteiger partial charge in [0.25, 0.3) is 0 Å². The van der Waals surface area contributed by atoms with E-state index in [9.17, 15) is 0 Å². The predicted molar refractivity (Wildman–Crippen MR) is 127 cm³/mol. The number of anilines is 2. The molecule has 0 fully saturated rings. The highest BCUT2D eigenvalue weighted by Gasteiger charge is 2.12. The highest BCUT2D eigenvalue weighted by Crippen LogP contribution is 2.19. The summed E-state index contributed by atoms with van der Waals surface area (Å²) in [6, 6.07) is 27.4. The fraction of sp³-hybridized carbons (Fsp3) is 0. The summed E-state index contributed by atoms with van der Waals surface area (Å²) < 4.78 is 0. The lowest BCUT2D eigenvalue weighted by Gasteiger charge is -1.97. The molecule has 0 unspecified atom stereocenters. The van der Waals surface area contributed by atoms with Crippen LogP contribution in [0.1, 0.15) is 11.1 Å². The number of hydrogen-bond acceptors (Lipinski definition) is 6. The summed E-state index contributed by atoms with van der Waals surface area (Å²) in [6.45, 7) is 0. The van der Waals surface area contributed by atoms with Crippen LogP contribution in [-0.4, -0.2) is 11.7 Å². The van der Waals surface area contributed by atoms with Gasteiger partial charge < -0.3 is 11.5 Å². The molecule has 0 aromatic heterocycles. The van der Waals surface area contributed by atoms with E-state index in [1.165, 1.54) is 0 Å². The maximum absolute atomic E-state index is 5.79. The van der Waals surface area contributed by atoms with Crippen LogP contribution < -0.4 is 22.2 Å². The lowest BCUT2D eigenvalue weighted by atomic mass is 10.2. The average Bonchev–Trinajstić information content (AvgIpc) is 3.43. The van der Waals surface area contributed by atoms with Crippen LogP contribution in [0, 0.1) is 10.4 Å². The number of hydrogen-bond donors (Lipinski definition) is 2. The van der Waals surface area contributed by atoms with Crippen LogP contribution in [0.15, 0.2) is 105 Å². The van der Waals surface area contributed by atoms with E-state index in [1.807, 2.05) is 60.7 Å². The summed E-state index contributed by atoms with van der Waals surface area (Å²) in [6.07, 6.45) is 0. The van der Waals surface area contributed by atoms with Crippen LogP contribution in [0.4, 0.5) is 22.7 Å². The molecule has 32 heavy (non-hydrogen) atoms. The van der Waals surface area contributed by atoms with Crippen LogP contribution in [0.25, 0.3) is 0 Å². The van der Waals surface area contributed by atoms with Crippen molar-refractivity contribution in [3.05, 3.63) is 117 Å². The van der Waals surface area contributed by atoms with Crippen LogP contribution in [0.3, 0.4) is 0 Å². The van der Waals surface area contributed by atoms with Gasteiger partial charge in [-0.2, -0.15) is 0 Å². The zero-order valence-corrected chi connectivity index (χ0v) is 17.0. The monoisotopic (exact) mass is 414 g/mol. The normalized spacial score (nSPS) is 14.6. The first-order chi connectivity index (χ1) is 15.6. The molecule has 2 heterocycles. The Morgan fingerprint density at radius 3 is 1.25 bits per heavy atom. The van der Waals surface area contributed by atoms with Crippen molar-refractivity contribution in [3.8, 4) is 0 Å². The van der Waals surface area contributed by atoms with Crippen molar-refractivity contribution in [3.63, 3.8) is 0 Å². The van der Waals surface area contributed by atoms with E-state index in [4.69, 9.17) is 21.5 Å². The van der Waals surface area contributed by atoms with Crippen LogP contribution in [-0.2, 0) is 0 Å². The molecule has 0 aliphatic carbocycles. The molecule has 4 aromatic carbocycles. The predicted octanol–water partition coefficient (Wildman–Crippen LogP) is 3.56. The van der Waals surface area contributed by atoms with E-state index in [1.54, 1.807) is 0 Å². The third kappa shape index (κ3) is 3.15. The Hall–Kier alpha value is -4.58. The Labute approximate surface area is 183 Å². The minimum absolute atomic E-state index is 0.697. The second kappa shape index (κ2) is 6.99. The zero-order chi connectivity index (χ0) is 21.7. The van der Waals surface area contributed by atoms with Crippen molar-refractivity contribution >= 4 is 34.4 Å². The highest BCUT2D eigenvalue weighted by atomic mass is 15.0.